The predicted octanol–water partition coefficient (Wildman–Crippen LogP) is 4.53. The van der Waals surface area contributed by atoms with Gasteiger partial charge in [0.2, 0.25) is 5.91 Å². The van der Waals surface area contributed by atoms with Crippen molar-refractivity contribution in [2.24, 2.45) is 0 Å². The van der Waals surface area contributed by atoms with Crippen LogP contribution in [0.2, 0.25) is 10.0 Å². The fourth-order valence-electron chi connectivity index (χ4n) is 1.84. The molecule has 0 aromatic heterocycles. The summed E-state index contributed by atoms with van der Waals surface area (Å²) in [4.78, 5) is 11.9. The van der Waals surface area contributed by atoms with Gasteiger partial charge in [-0.3, -0.25) is 4.79 Å². The van der Waals surface area contributed by atoms with E-state index in [1.165, 1.54) is 36.4 Å². The van der Waals surface area contributed by atoms with Crippen molar-refractivity contribution in [3.05, 3.63) is 75.5 Å². The molecule has 1 amide bonds. The standard InChI is InChI=1S/C17H11Cl2FN2O/c18-13-5-1-11(15(19)9-13)4-8-17(23)22-16(10-21)12-2-6-14(20)7-3-12/h1-9,16H,(H,22,23)/b8-4+/t16-/m0/s1. The molecule has 0 radical (unpaired) electrons. The fourth-order valence-corrected chi connectivity index (χ4v) is 2.31. The van der Waals surface area contributed by atoms with Crippen LogP contribution in [-0.4, -0.2) is 5.91 Å². The Balaban J connectivity index is 2.07. The minimum absolute atomic E-state index is 0.408. The Labute approximate surface area is 142 Å². The minimum atomic E-state index is -0.867. The maximum Gasteiger partial charge on any atom is 0.245 e. The van der Waals surface area contributed by atoms with Gasteiger partial charge in [0.15, 0.2) is 0 Å². The van der Waals surface area contributed by atoms with Gasteiger partial charge >= 0.3 is 0 Å². The summed E-state index contributed by atoms with van der Waals surface area (Å²) in [6.07, 6.45) is 2.79. The molecule has 0 aliphatic carbocycles. The summed E-state index contributed by atoms with van der Waals surface area (Å²) >= 11 is 11.8. The van der Waals surface area contributed by atoms with Crippen LogP contribution in [0.5, 0.6) is 0 Å². The van der Waals surface area contributed by atoms with Gasteiger partial charge in [0.1, 0.15) is 11.9 Å². The Hall–Kier alpha value is -2.35. The summed E-state index contributed by atoms with van der Waals surface area (Å²) in [7, 11) is 0. The number of rotatable bonds is 4. The zero-order valence-electron chi connectivity index (χ0n) is 11.8. The van der Waals surface area contributed by atoms with E-state index in [-0.39, 0.29) is 0 Å². The number of carbonyl (C=O) groups is 1. The van der Waals surface area contributed by atoms with E-state index in [9.17, 15) is 9.18 Å². The van der Waals surface area contributed by atoms with E-state index in [1.54, 1.807) is 18.2 Å². The van der Waals surface area contributed by atoms with Crippen LogP contribution < -0.4 is 5.32 Å². The van der Waals surface area contributed by atoms with Gasteiger partial charge in [0.25, 0.3) is 0 Å². The monoisotopic (exact) mass is 348 g/mol. The molecule has 0 aliphatic heterocycles. The molecule has 0 saturated carbocycles. The van der Waals surface area contributed by atoms with Crippen molar-refractivity contribution >= 4 is 35.2 Å². The van der Waals surface area contributed by atoms with Crippen molar-refractivity contribution in [3.63, 3.8) is 0 Å². The lowest BCUT2D eigenvalue weighted by Gasteiger charge is -2.10. The molecule has 6 heteroatoms. The molecular formula is C17H11Cl2FN2O. The Morgan fingerprint density at radius 1 is 1.22 bits per heavy atom. The van der Waals surface area contributed by atoms with Crippen LogP contribution in [0.25, 0.3) is 6.08 Å². The lowest BCUT2D eigenvalue weighted by molar-refractivity contribution is -0.116. The van der Waals surface area contributed by atoms with Crippen molar-refractivity contribution in [1.82, 2.24) is 5.32 Å². The molecule has 1 N–H and O–H groups in total. The highest BCUT2D eigenvalue weighted by atomic mass is 35.5. The van der Waals surface area contributed by atoms with Crippen LogP contribution >= 0.6 is 23.2 Å². The first-order valence-electron chi connectivity index (χ1n) is 6.58. The molecule has 0 fully saturated rings. The maximum atomic E-state index is 12.9. The highest BCUT2D eigenvalue weighted by Gasteiger charge is 2.12. The Morgan fingerprint density at radius 2 is 1.91 bits per heavy atom. The number of hydrogen-bond acceptors (Lipinski definition) is 2. The number of nitriles is 1. The van der Waals surface area contributed by atoms with Crippen LogP contribution in [0.3, 0.4) is 0 Å². The average molecular weight is 349 g/mol. The molecule has 0 aliphatic rings. The van der Waals surface area contributed by atoms with E-state index in [0.717, 1.165) is 0 Å². The van der Waals surface area contributed by atoms with Crippen molar-refractivity contribution < 1.29 is 9.18 Å². The predicted molar refractivity (Wildman–Crippen MR) is 88.4 cm³/mol. The van der Waals surface area contributed by atoms with Gasteiger partial charge < -0.3 is 5.32 Å². The lowest BCUT2D eigenvalue weighted by atomic mass is 10.1. The van der Waals surface area contributed by atoms with E-state index in [2.05, 4.69) is 5.32 Å². The topological polar surface area (TPSA) is 52.9 Å². The Morgan fingerprint density at radius 3 is 2.52 bits per heavy atom. The number of benzene rings is 2. The number of halogens is 3. The summed E-state index contributed by atoms with van der Waals surface area (Å²) < 4.78 is 12.9. The number of nitrogens with zero attached hydrogens (tertiary/aromatic N) is 1. The second-order valence-electron chi connectivity index (χ2n) is 4.62. The highest BCUT2D eigenvalue weighted by molar-refractivity contribution is 6.35. The van der Waals surface area contributed by atoms with Crippen LogP contribution in [-0.2, 0) is 4.79 Å². The normalized spacial score (nSPS) is 11.9. The first kappa shape index (κ1) is 17.0. The second-order valence-corrected chi connectivity index (χ2v) is 5.47. The number of hydrogen-bond donors (Lipinski definition) is 1. The summed E-state index contributed by atoms with van der Waals surface area (Å²) in [5, 5.41) is 12.6. The molecule has 2 aromatic rings. The molecule has 3 nitrogen and oxygen atoms in total. The summed E-state index contributed by atoms with van der Waals surface area (Å²) in [6, 6.07) is 11.3. The van der Waals surface area contributed by atoms with E-state index in [4.69, 9.17) is 28.5 Å². The largest absolute Gasteiger partial charge is 0.333 e. The molecule has 0 unspecified atom stereocenters. The molecule has 23 heavy (non-hydrogen) atoms. The Kier molecular flexibility index (Phi) is 5.75. The Bertz CT molecular complexity index is 782. The molecule has 1 atom stereocenters. The SMILES string of the molecule is N#C[C@H](NC(=O)/C=C/c1ccc(Cl)cc1Cl)c1ccc(F)cc1. The van der Waals surface area contributed by atoms with E-state index < -0.39 is 17.8 Å². The third kappa shape index (κ3) is 4.82. The van der Waals surface area contributed by atoms with Crippen LogP contribution in [0.15, 0.2) is 48.5 Å². The van der Waals surface area contributed by atoms with Crippen LogP contribution in [0.1, 0.15) is 17.2 Å². The van der Waals surface area contributed by atoms with Gasteiger partial charge in [-0.2, -0.15) is 5.26 Å². The highest BCUT2D eigenvalue weighted by Crippen LogP contribution is 2.22. The molecule has 2 rings (SSSR count). The van der Waals surface area contributed by atoms with Gasteiger partial charge in [-0.1, -0.05) is 41.4 Å². The van der Waals surface area contributed by atoms with E-state index in [0.29, 0.717) is 21.2 Å². The zero-order chi connectivity index (χ0) is 16.8. The molecule has 0 spiro atoms. The summed E-state index contributed by atoms with van der Waals surface area (Å²) in [5.41, 5.74) is 1.13. The zero-order valence-corrected chi connectivity index (χ0v) is 13.3. The smallest absolute Gasteiger partial charge is 0.245 e. The van der Waals surface area contributed by atoms with Gasteiger partial charge in [-0.05, 0) is 41.5 Å². The first-order valence-corrected chi connectivity index (χ1v) is 7.34. The number of amides is 1. The molecule has 0 bridgehead atoms. The van der Waals surface area contributed by atoms with Crippen LogP contribution in [0, 0.1) is 17.1 Å². The van der Waals surface area contributed by atoms with Gasteiger partial charge in [-0.15, -0.1) is 0 Å². The third-order valence-corrected chi connectivity index (χ3v) is 3.56. The van der Waals surface area contributed by atoms with Gasteiger partial charge in [0.05, 0.1) is 6.07 Å². The molecule has 116 valence electrons. The van der Waals surface area contributed by atoms with E-state index in [1.807, 2.05) is 6.07 Å². The van der Waals surface area contributed by atoms with Crippen molar-refractivity contribution in [1.29, 1.82) is 5.26 Å². The summed E-state index contributed by atoms with van der Waals surface area (Å²) in [5.74, 6) is -0.874. The number of nitrogens with one attached hydrogen (secondary N) is 1. The fraction of sp³-hybridized carbons (Fsp3) is 0.0588. The minimum Gasteiger partial charge on any atom is -0.333 e. The molecule has 2 aromatic carbocycles. The average Bonchev–Trinajstić information content (AvgIpc) is 2.52. The number of carbonyl (C=O) groups excluding carboxylic acids is 1. The third-order valence-electron chi connectivity index (χ3n) is 3.00. The van der Waals surface area contributed by atoms with Crippen molar-refractivity contribution in [2.45, 2.75) is 6.04 Å². The van der Waals surface area contributed by atoms with Crippen molar-refractivity contribution in [3.8, 4) is 6.07 Å². The quantitative estimate of drug-likeness (QED) is 0.825. The van der Waals surface area contributed by atoms with Gasteiger partial charge in [-0.25, -0.2) is 4.39 Å². The van der Waals surface area contributed by atoms with E-state index >= 15 is 0 Å². The van der Waals surface area contributed by atoms with Crippen molar-refractivity contribution in [2.75, 3.05) is 0 Å². The summed E-state index contributed by atoms with van der Waals surface area (Å²) in [6.45, 7) is 0. The molecule has 0 saturated heterocycles. The van der Waals surface area contributed by atoms with Crippen LogP contribution in [0.4, 0.5) is 4.39 Å². The first-order chi connectivity index (χ1) is 11.0. The second kappa shape index (κ2) is 7.77. The lowest BCUT2D eigenvalue weighted by Crippen LogP contribution is -2.25. The maximum absolute atomic E-state index is 12.9. The van der Waals surface area contributed by atoms with Gasteiger partial charge in [0, 0.05) is 16.1 Å². The molecule has 0 heterocycles. The molecular weight excluding hydrogens is 338 g/mol.